The molecule has 0 saturated carbocycles. The van der Waals surface area contributed by atoms with Crippen LogP contribution >= 0.6 is 0 Å². The van der Waals surface area contributed by atoms with Crippen molar-refractivity contribution in [2.75, 3.05) is 14.2 Å². The molecule has 0 aliphatic rings. The second-order valence-electron chi connectivity index (χ2n) is 3.00. The average molecular weight is 206 g/mol. The van der Waals surface area contributed by atoms with E-state index >= 15 is 0 Å². The monoisotopic (exact) mass is 206 g/mol. The Kier molecular flexibility index (Phi) is 2.29. The van der Waals surface area contributed by atoms with Gasteiger partial charge in [-0.2, -0.15) is 0 Å². The minimum absolute atomic E-state index is 0.581. The standard InChI is InChI=1S/C10H10N2O3/c1-14-9-3-7-5-12(13)6-11-8(7)4-10(9)15-2/h3-6H,1-2H3. The van der Waals surface area contributed by atoms with Crippen LogP contribution in [0.1, 0.15) is 0 Å². The molecule has 0 spiro atoms. The molecule has 0 saturated heterocycles. The van der Waals surface area contributed by atoms with Gasteiger partial charge in [0.2, 0.25) is 0 Å². The van der Waals surface area contributed by atoms with Crippen LogP contribution in [0.4, 0.5) is 0 Å². The van der Waals surface area contributed by atoms with Crippen molar-refractivity contribution >= 4 is 10.9 Å². The van der Waals surface area contributed by atoms with Crippen LogP contribution in [0.3, 0.4) is 0 Å². The van der Waals surface area contributed by atoms with E-state index in [-0.39, 0.29) is 0 Å². The van der Waals surface area contributed by atoms with Crippen molar-refractivity contribution in [1.29, 1.82) is 0 Å². The smallest absolute Gasteiger partial charge is 0.289 e. The Labute approximate surface area is 86.5 Å². The van der Waals surface area contributed by atoms with E-state index in [4.69, 9.17) is 9.47 Å². The third-order valence-corrected chi connectivity index (χ3v) is 2.11. The molecule has 78 valence electrons. The molecule has 1 aromatic carbocycles. The van der Waals surface area contributed by atoms with Gasteiger partial charge in [0.1, 0.15) is 6.20 Å². The van der Waals surface area contributed by atoms with Crippen molar-refractivity contribution in [3.8, 4) is 11.5 Å². The van der Waals surface area contributed by atoms with Crippen LogP contribution in [0.25, 0.3) is 10.9 Å². The summed E-state index contributed by atoms with van der Waals surface area (Å²) < 4.78 is 10.9. The number of nitrogens with zero attached hydrogens (tertiary/aromatic N) is 2. The highest BCUT2D eigenvalue weighted by Gasteiger charge is 2.09. The summed E-state index contributed by atoms with van der Waals surface area (Å²) in [6.07, 6.45) is 2.64. The fourth-order valence-electron chi connectivity index (χ4n) is 1.39. The fraction of sp³-hybridized carbons (Fsp3) is 0.200. The van der Waals surface area contributed by atoms with E-state index in [1.807, 2.05) is 0 Å². The Balaban J connectivity index is 2.69. The topological polar surface area (TPSA) is 58.3 Å². The van der Waals surface area contributed by atoms with Crippen molar-refractivity contribution in [3.05, 3.63) is 29.9 Å². The van der Waals surface area contributed by atoms with Gasteiger partial charge in [0.15, 0.2) is 17.0 Å². The van der Waals surface area contributed by atoms with Gasteiger partial charge in [-0.15, -0.1) is 0 Å². The Bertz CT molecular complexity index is 499. The van der Waals surface area contributed by atoms with Gasteiger partial charge < -0.3 is 14.7 Å². The lowest BCUT2D eigenvalue weighted by Gasteiger charge is -2.07. The lowest BCUT2D eigenvalue weighted by atomic mass is 10.2. The van der Waals surface area contributed by atoms with Gasteiger partial charge in [-0.3, -0.25) is 0 Å². The second-order valence-corrected chi connectivity index (χ2v) is 3.00. The first-order valence-electron chi connectivity index (χ1n) is 4.35. The Morgan fingerprint density at radius 1 is 1.20 bits per heavy atom. The predicted octanol–water partition coefficient (Wildman–Crippen LogP) is 0.885. The molecule has 0 amide bonds. The lowest BCUT2D eigenvalue weighted by molar-refractivity contribution is -0.607. The number of methoxy groups -OCH3 is 2. The summed E-state index contributed by atoms with van der Waals surface area (Å²) in [5.41, 5.74) is 0.694. The summed E-state index contributed by atoms with van der Waals surface area (Å²) in [6.45, 7) is 0. The quantitative estimate of drug-likeness (QED) is 0.540. The number of ether oxygens (including phenoxy) is 2. The molecule has 0 bridgehead atoms. The van der Waals surface area contributed by atoms with Crippen molar-refractivity contribution in [1.82, 2.24) is 4.98 Å². The summed E-state index contributed by atoms with van der Waals surface area (Å²) >= 11 is 0. The Hall–Kier alpha value is -2.04. The molecular weight excluding hydrogens is 196 g/mol. The number of benzene rings is 1. The van der Waals surface area contributed by atoms with Gasteiger partial charge in [-0.25, -0.2) is 4.73 Å². The Morgan fingerprint density at radius 3 is 2.53 bits per heavy atom. The lowest BCUT2D eigenvalue weighted by Crippen LogP contribution is -2.24. The number of hydrogen-bond acceptors (Lipinski definition) is 4. The molecule has 0 aliphatic heterocycles. The van der Waals surface area contributed by atoms with Crippen LogP contribution in [0.15, 0.2) is 24.7 Å². The summed E-state index contributed by atoms with van der Waals surface area (Å²) in [6, 6.07) is 3.45. The predicted molar refractivity (Wildman–Crippen MR) is 53.8 cm³/mol. The van der Waals surface area contributed by atoms with Crippen molar-refractivity contribution in [2.24, 2.45) is 0 Å². The molecule has 0 aliphatic carbocycles. The maximum atomic E-state index is 11.0. The molecular formula is C10H10N2O3. The molecule has 1 heterocycles. The zero-order valence-electron chi connectivity index (χ0n) is 8.43. The third-order valence-electron chi connectivity index (χ3n) is 2.11. The minimum Gasteiger partial charge on any atom is -0.711 e. The molecule has 5 heteroatoms. The first-order valence-corrected chi connectivity index (χ1v) is 4.35. The molecule has 0 N–H and O–H groups in total. The summed E-state index contributed by atoms with van der Waals surface area (Å²) in [5, 5.41) is 11.7. The largest absolute Gasteiger partial charge is 0.711 e. The SMILES string of the molecule is COc1cc2c[n+]([O-])cnc2cc1OC. The number of aromatic nitrogens is 2. The molecule has 0 atom stereocenters. The molecule has 0 radical (unpaired) electrons. The first kappa shape index (κ1) is 9.51. The normalized spacial score (nSPS) is 10.3. The highest BCUT2D eigenvalue weighted by molar-refractivity contribution is 5.81. The summed E-state index contributed by atoms with van der Waals surface area (Å²) in [7, 11) is 3.10. The molecule has 2 aromatic rings. The van der Waals surface area contributed by atoms with E-state index in [2.05, 4.69) is 4.98 Å². The van der Waals surface area contributed by atoms with Crippen LogP contribution in [-0.2, 0) is 0 Å². The number of rotatable bonds is 2. The van der Waals surface area contributed by atoms with E-state index in [0.717, 1.165) is 0 Å². The van der Waals surface area contributed by atoms with Crippen LogP contribution in [0, 0.1) is 5.21 Å². The van der Waals surface area contributed by atoms with Gasteiger partial charge in [0.05, 0.1) is 19.6 Å². The van der Waals surface area contributed by atoms with E-state index < -0.39 is 0 Å². The Morgan fingerprint density at radius 2 is 1.87 bits per heavy atom. The van der Waals surface area contributed by atoms with Gasteiger partial charge >= 0.3 is 0 Å². The third kappa shape index (κ3) is 1.63. The van der Waals surface area contributed by atoms with Crippen molar-refractivity contribution in [3.63, 3.8) is 0 Å². The van der Waals surface area contributed by atoms with E-state index in [1.165, 1.54) is 12.5 Å². The van der Waals surface area contributed by atoms with Crippen LogP contribution in [-0.4, -0.2) is 19.2 Å². The van der Waals surface area contributed by atoms with Crippen LogP contribution in [0.5, 0.6) is 11.5 Å². The summed E-state index contributed by atoms with van der Waals surface area (Å²) in [5.74, 6) is 1.18. The molecule has 15 heavy (non-hydrogen) atoms. The van der Waals surface area contributed by atoms with Crippen LogP contribution in [0.2, 0.25) is 0 Å². The fourth-order valence-corrected chi connectivity index (χ4v) is 1.39. The first-order chi connectivity index (χ1) is 7.24. The molecule has 0 unspecified atom stereocenters. The maximum Gasteiger partial charge on any atom is 0.289 e. The highest BCUT2D eigenvalue weighted by Crippen LogP contribution is 2.30. The van der Waals surface area contributed by atoms with Crippen molar-refractivity contribution < 1.29 is 14.2 Å². The molecule has 1 aromatic heterocycles. The van der Waals surface area contributed by atoms with E-state index in [0.29, 0.717) is 27.1 Å². The number of hydrogen-bond donors (Lipinski definition) is 0. The van der Waals surface area contributed by atoms with E-state index in [1.54, 1.807) is 26.4 Å². The highest BCUT2D eigenvalue weighted by atomic mass is 16.5. The summed E-state index contributed by atoms with van der Waals surface area (Å²) in [4.78, 5) is 3.98. The average Bonchev–Trinajstić information content (AvgIpc) is 2.27. The molecule has 5 nitrogen and oxygen atoms in total. The zero-order chi connectivity index (χ0) is 10.8. The van der Waals surface area contributed by atoms with E-state index in [9.17, 15) is 5.21 Å². The van der Waals surface area contributed by atoms with Gasteiger partial charge in [0, 0.05) is 6.07 Å². The van der Waals surface area contributed by atoms with Gasteiger partial charge in [-0.1, -0.05) is 0 Å². The zero-order valence-corrected chi connectivity index (χ0v) is 8.43. The number of fused-ring (bicyclic) bond motifs is 1. The van der Waals surface area contributed by atoms with Gasteiger partial charge in [0.25, 0.3) is 6.33 Å². The van der Waals surface area contributed by atoms with Crippen molar-refractivity contribution in [2.45, 2.75) is 0 Å². The van der Waals surface area contributed by atoms with Crippen LogP contribution < -0.4 is 14.2 Å². The maximum absolute atomic E-state index is 11.0. The molecule has 0 fully saturated rings. The molecule has 2 rings (SSSR count). The van der Waals surface area contributed by atoms with Gasteiger partial charge in [-0.05, 0) is 11.1 Å². The second kappa shape index (κ2) is 3.61. The minimum atomic E-state index is 0.581.